The zero-order valence-corrected chi connectivity index (χ0v) is 9.19. The first-order valence-electron chi connectivity index (χ1n) is 4.93. The summed E-state index contributed by atoms with van der Waals surface area (Å²) in [5.74, 6) is 1.63. The standard InChI is InChI=1S/C12H17NO2/c1-13-8-3-4-9-15-12-7-5-6-11(10-12)14-2/h3-7,10,13H,8-9H2,1-2H3. The molecule has 0 saturated heterocycles. The summed E-state index contributed by atoms with van der Waals surface area (Å²) in [6.07, 6.45) is 4.01. The number of likely N-dealkylation sites (N-methyl/N-ethyl adjacent to an activating group) is 1. The van der Waals surface area contributed by atoms with Crippen LogP contribution in [0.15, 0.2) is 36.4 Å². The molecule has 3 nitrogen and oxygen atoms in total. The lowest BCUT2D eigenvalue weighted by Gasteiger charge is -2.04. The van der Waals surface area contributed by atoms with Crippen molar-refractivity contribution in [3.05, 3.63) is 36.4 Å². The van der Waals surface area contributed by atoms with E-state index in [1.165, 1.54) is 0 Å². The maximum Gasteiger partial charge on any atom is 0.123 e. The minimum absolute atomic E-state index is 0.578. The van der Waals surface area contributed by atoms with E-state index < -0.39 is 0 Å². The lowest BCUT2D eigenvalue weighted by atomic mass is 10.3. The fourth-order valence-corrected chi connectivity index (χ4v) is 1.10. The smallest absolute Gasteiger partial charge is 0.123 e. The van der Waals surface area contributed by atoms with Crippen molar-refractivity contribution < 1.29 is 9.47 Å². The Morgan fingerprint density at radius 1 is 1.27 bits per heavy atom. The number of rotatable bonds is 6. The van der Waals surface area contributed by atoms with Gasteiger partial charge in [0.15, 0.2) is 0 Å². The molecule has 0 bridgehead atoms. The van der Waals surface area contributed by atoms with E-state index in [0.717, 1.165) is 18.0 Å². The lowest BCUT2D eigenvalue weighted by Crippen LogP contribution is -2.04. The first-order valence-corrected chi connectivity index (χ1v) is 4.93. The summed E-state index contributed by atoms with van der Waals surface area (Å²) in [6, 6.07) is 7.58. The molecule has 0 heterocycles. The number of hydrogen-bond donors (Lipinski definition) is 1. The van der Waals surface area contributed by atoms with Gasteiger partial charge in [-0.15, -0.1) is 0 Å². The molecule has 0 aliphatic carbocycles. The number of ether oxygens (including phenoxy) is 2. The molecule has 0 atom stereocenters. The molecular formula is C12H17NO2. The molecule has 0 amide bonds. The topological polar surface area (TPSA) is 30.5 Å². The highest BCUT2D eigenvalue weighted by Crippen LogP contribution is 2.18. The van der Waals surface area contributed by atoms with Crippen molar-refractivity contribution in [3.8, 4) is 11.5 Å². The largest absolute Gasteiger partial charge is 0.497 e. The maximum absolute atomic E-state index is 5.50. The van der Waals surface area contributed by atoms with Crippen molar-refractivity contribution in [1.29, 1.82) is 0 Å². The molecule has 0 aromatic heterocycles. The molecule has 1 aromatic rings. The van der Waals surface area contributed by atoms with Crippen molar-refractivity contribution >= 4 is 0 Å². The Labute approximate surface area is 90.7 Å². The second-order valence-electron chi connectivity index (χ2n) is 3.02. The van der Waals surface area contributed by atoms with E-state index in [-0.39, 0.29) is 0 Å². The molecule has 82 valence electrons. The van der Waals surface area contributed by atoms with Crippen molar-refractivity contribution in [2.24, 2.45) is 0 Å². The fraction of sp³-hybridized carbons (Fsp3) is 0.333. The highest BCUT2D eigenvalue weighted by molar-refractivity contribution is 5.32. The summed E-state index contributed by atoms with van der Waals surface area (Å²) in [6.45, 7) is 1.44. The molecule has 1 aromatic carbocycles. The molecule has 1 rings (SSSR count). The molecule has 15 heavy (non-hydrogen) atoms. The maximum atomic E-state index is 5.50. The van der Waals surface area contributed by atoms with Gasteiger partial charge >= 0.3 is 0 Å². The van der Waals surface area contributed by atoms with Crippen LogP contribution in [-0.4, -0.2) is 27.3 Å². The summed E-state index contributed by atoms with van der Waals surface area (Å²) in [4.78, 5) is 0. The monoisotopic (exact) mass is 207 g/mol. The first-order chi connectivity index (χ1) is 7.36. The summed E-state index contributed by atoms with van der Waals surface area (Å²) in [5.41, 5.74) is 0. The van der Waals surface area contributed by atoms with Gasteiger partial charge in [0.1, 0.15) is 18.1 Å². The summed E-state index contributed by atoms with van der Waals surface area (Å²) in [7, 11) is 3.55. The number of hydrogen-bond acceptors (Lipinski definition) is 3. The van der Waals surface area contributed by atoms with Crippen molar-refractivity contribution in [2.75, 3.05) is 27.3 Å². The molecule has 1 N–H and O–H groups in total. The number of methoxy groups -OCH3 is 1. The minimum Gasteiger partial charge on any atom is -0.497 e. The van der Waals surface area contributed by atoms with Crippen LogP contribution in [0.3, 0.4) is 0 Å². The van der Waals surface area contributed by atoms with Crippen LogP contribution in [0.1, 0.15) is 0 Å². The average molecular weight is 207 g/mol. The van der Waals surface area contributed by atoms with Crippen LogP contribution < -0.4 is 14.8 Å². The molecule has 0 fully saturated rings. The van der Waals surface area contributed by atoms with E-state index in [4.69, 9.17) is 9.47 Å². The summed E-state index contributed by atoms with van der Waals surface area (Å²) in [5, 5.41) is 3.02. The Bertz CT molecular complexity index is 310. The third-order valence-electron chi connectivity index (χ3n) is 1.88. The molecular weight excluding hydrogens is 190 g/mol. The van der Waals surface area contributed by atoms with Crippen LogP contribution in [-0.2, 0) is 0 Å². The van der Waals surface area contributed by atoms with Gasteiger partial charge in [0, 0.05) is 12.6 Å². The van der Waals surface area contributed by atoms with Gasteiger partial charge in [0.05, 0.1) is 7.11 Å². The second kappa shape index (κ2) is 6.90. The van der Waals surface area contributed by atoms with E-state index in [1.54, 1.807) is 7.11 Å². The predicted octanol–water partition coefficient (Wildman–Crippen LogP) is 1.85. The van der Waals surface area contributed by atoms with E-state index >= 15 is 0 Å². The SMILES string of the molecule is CNCC=CCOc1cccc(OC)c1. The van der Waals surface area contributed by atoms with Crippen LogP contribution in [0, 0.1) is 0 Å². The van der Waals surface area contributed by atoms with E-state index in [0.29, 0.717) is 6.61 Å². The summed E-state index contributed by atoms with van der Waals surface area (Å²) < 4.78 is 10.6. The Morgan fingerprint density at radius 2 is 2.07 bits per heavy atom. The summed E-state index contributed by atoms with van der Waals surface area (Å²) >= 11 is 0. The van der Waals surface area contributed by atoms with Crippen LogP contribution in [0.2, 0.25) is 0 Å². The Kier molecular flexibility index (Phi) is 5.33. The number of nitrogens with one attached hydrogen (secondary N) is 1. The normalized spacial score (nSPS) is 10.5. The van der Waals surface area contributed by atoms with E-state index in [9.17, 15) is 0 Å². The van der Waals surface area contributed by atoms with Gasteiger partial charge in [0.2, 0.25) is 0 Å². The predicted molar refractivity (Wildman–Crippen MR) is 61.6 cm³/mol. The van der Waals surface area contributed by atoms with Crippen LogP contribution in [0.25, 0.3) is 0 Å². The molecule has 0 spiro atoms. The van der Waals surface area contributed by atoms with E-state index in [2.05, 4.69) is 5.32 Å². The highest BCUT2D eigenvalue weighted by Gasteiger charge is 1.94. The van der Waals surface area contributed by atoms with Crippen molar-refractivity contribution in [3.63, 3.8) is 0 Å². The van der Waals surface area contributed by atoms with Gasteiger partial charge in [-0.3, -0.25) is 0 Å². The lowest BCUT2D eigenvalue weighted by molar-refractivity contribution is 0.356. The zero-order chi connectivity index (χ0) is 10.9. The van der Waals surface area contributed by atoms with Crippen LogP contribution in [0.5, 0.6) is 11.5 Å². The first kappa shape index (κ1) is 11.6. The van der Waals surface area contributed by atoms with Crippen molar-refractivity contribution in [2.45, 2.75) is 0 Å². The number of benzene rings is 1. The molecule has 0 radical (unpaired) electrons. The second-order valence-corrected chi connectivity index (χ2v) is 3.02. The molecule has 0 aliphatic heterocycles. The van der Waals surface area contributed by atoms with Gasteiger partial charge in [0.25, 0.3) is 0 Å². The Balaban J connectivity index is 2.36. The van der Waals surface area contributed by atoms with Crippen LogP contribution in [0.4, 0.5) is 0 Å². The zero-order valence-electron chi connectivity index (χ0n) is 9.19. The molecule has 3 heteroatoms. The molecule has 0 aliphatic rings. The third-order valence-corrected chi connectivity index (χ3v) is 1.88. The van der Waals surface area contributed by atoms with Gasteiger partial charge in [-0.05, 0) is 19.2 Å². The third kappa shape index (κ3) is 4.51. The average Bonchev–Trinajstić information content (AvgIpc) is 2.29. The van der Waals surface area contributed by atoms with Gasteiger partial charge < -0.3 is 14.8 Å². The Morgan fingerprint density at radius 3 is 2.80 bits per heavy atom. The highest BCUT2D eigenvalue weighted by atomic mass is 16.5. The van der Waals surface area contributed by atoms with Crippen LogP contribution >= 0.6 is 0 Å². The quantitative estimate of drug-likeness (QED) is 0.722. The van der Waals surface area contributed by atoms with Gasteiger partial charge in [-0.25, -0.2) is 0 Å². The van der Waals surface area contributed by atoms with E-state index in [1.807, 2.05) is 43.5 Å². The van der Waals surface area contributed by atoms with Gasteiger partial charge in [-0.1, -0.05) is 18.2 Å². The molecule has 0 unspecified atom stereocenters. The van der Waals surface area contributed by atoms with Gasteiger partial charge in [-0.2, -0.15) is 0 Å². The minimum atomic E-state index is 0.578. The Hall–Kier alpha value is -1.48. The fourth-order valence-electron chi connectivity index (χ4n) is 1.10. The molecule has 0 saturated carbocycles. The van der Waals surface area contributed by atoms with Crippen molar-refractivity contribution in [1.82, 2.24) is 5.32 Å².